The summed E-state index contributed by atoms with van der Waals surface area (Å²) < 4.78 is 0. The number of nitrogens with two attached hydrogens (primary N) is 1. The van der Waals surface area contributed by atoms with E-state index in [1.54, 1.807) is 12.1 Å². The van der Waals surface area contributed by atoms with Gasteiger partial charge in [-0.2, -0.15) is 0 Å². The molecule has 1 amide bonds. The molecule has 1 fully saturated rings. The molecule has 2 aromatic carbocycles. The average Bonchev–Trinajstić information content (AvgIpc) is 3.09. The van der Waals surface area contributed by atoms with E-state index >= 15 is 0 Å². The SMILES string of the molecule is NC(=O)c1cccc2c(N[C@@H]3CNC[C@@H]3c3cccc(Cl)c3)ncnc12. The highest BCUT2D eigenvalue weighted by Gasteiger charge is 2.29. The van der Waals surface area contributed by atoms with E-state index in [0.717, 1.165) is 23.5 Å². The first-order chi connectivity index (χ1) is 12.6. The molecular weight excluding hydrogens is 350 g/mol. The Morgan fingerprint density at radius 3 is 2.85 bits per heavy atom. The monoisotopic (exact) mass is 367 g/mol. The van der Waals surface area contributed by atoms with Gasteiger partial charge in [-0.15, -0.1) is 0 Å². The van der Waals surface area contributed by atoms with Gasteiger partial charge in [0.15, 0.2) is 0 Å². The molecule has 4 N–H and O–H groups in total. The Hall–Kier alpha value is -2.70. The summed E-state index contributed by atoms with van der Waals surface area (Å²) in [4.78, 5) is 20.3. The number of hydrogen-bond acceptors (Lipinski definition) is 5. The number of carbonyl (C=O) groups excluding carboxylic acids is 1. The number of primary amides is 1. The van der Waals surface area contributed by atoms with Crippen LogP contribution >= 0.6 is 11.6 Å². The van der Waals surface area contributed by atoms with Crippen molar-refractivity contribution in [1.82, 2.24) is 15.3 Å². The number of hydrogen-bond donors (Lipinski definition) is 3. The lowest BCUT2D eigenvalue weighted by atomic mass is 9.94. The topological polar surface area (TPSA) is 92.9 Å². The van der Waals surface area contributed by atoms with E-state index < -0.39 is 5.91 Å². The molecule has 0 radical (unpaired) electrons. The van der Waals surface area contributed by atoms with E-state index in [0.29, 0.717) is 16.9 Å². The van der Waals surface area contributed by atoms with E-state index in [1.807, 2.05) is 24.3 Å². The molecule has 0 aliphatic carbocycles. The largest absolute Gasteiger partial charge is 0.366 e. The minimum absolute atomic E-state index is 0.142. The minimum Gasteiger partial charge on any atom is -0.366 e. The fourth-order valence-corrected chi connectivity index (χ4v) is 3.69. The molecule has 4 rings (SSSR count). The van der Waals surface area contributed by atoms with Gasteiger partial charge >= 0.3 is 0 Å². The summed E-state index contributed by atoms with van der Waals surface area (Å²) >= 11 is 6.15. The van der Waals surface area contributed by atoms with Crippen molar-refractivity contribution in [2.75, 3.05) is 18.4 Å². The van der Waals surface area contributed by atoms with Crippen LogP contribution < -0.4 is 16.4 Å². The number of para-hydroxylation sites is 1. The van der Waals surface area contributed by atoms with Gasteiger partial charge < -0.3 is 16.4 Å². The number of anilines is 1. The third kappa shape index (κ3) is 3.09. The fraction of sp³-hybridized carbons (Fsp3) is 0.211. The first-order valence-corrected chi connectivity index (χ1v) is 8.77. The number of rotatable bonds is 4. The van der Waals surface area contributed by atoms with Gasteiger partial charge in [0.1, 0.15) is 12.1 Å². The van der Waals surface area contributed by atoms with Gasteiger partial charge in [0.05, 0.1) is 11.1 Å². The second kappa shape index (κ2) is 6.90. The molecule has 6 nitrogen and oxygen atoms in total. The molecule has 26 heavy (non-hydrogen) atoms. The van der Waals surface area contributed by atoms with Gasteiger partial charge in [-0.05, 0) is 29.8 Å². The number of amides is 1. The number of nitrogens with zero attached hydrogens (tertiary/aromatic N) is 2. The van der Waals surface area contributed by atoms with Crippen LogP contribution in [0, 0.1) is 0 Å². The third-order valence-corrected chi connectivity index (χ3v) is 4.98. The summed E-state index contributed by atoms with van der Waals surface area (Å²) in [6.07, 6.45) is 1.45. The number of fused-ring (bicyclic) bond motifs is 1. The van der Waals surface area contributed by atoms with Crippen molar-refractivity contribution in [3.05, 3.63) is 64.9 Å². The lowest BCUT2D eigenvalue weighted by Gasteiger charge is -2.22. The maximum absolute atomic E-state index is 11.7. The van der Waals surface area contributed by atoms with Crippen molar-refractivity contribution >= 4 is 34.2 Å². The molecular formula is C19H18ClN5O. The van der Waals surface area contributed by atoms with Crippen molar-refractivity contribution in [2.45, 2.75) is 12.0 Å². The second-order valence-corrected chi connectivity index (χ2v) is 6.80. The molecule has 2 atom stereocenters. The van der Waals surface area contributed by atoms with Crippen LogP contribution in [-0.4, -0.2) is 35.0 Å². The Morgan fingerprint density at radius 1 is 1.19 bits per heavy atom. The molecule has 0 saturated carbocycles. The fourth-order valence-electron chi connectivity index (χ4n) is 3.49. The Balaban J connectivity index is 1.68. The molecule has 3 aromatic rings. The molecule has 0 bridgehead atoms. The number of nitrogens with one attached hydrogen (secondary N) is 2. The predicted octanol–water partition coefficient (Wildman–Crippen LogP) is 2.55. The second-order valence-electron chi connectivity index (χ2n) is 6.36. The Labute approximate surface area is 155 Å². The van der Waals surface area contributed by atoms with E-state index in [9.17, 15) is 4.79 Å². The van der Waals surface area contributed by atoms with E-state index in [1.165, 1.54) is 11.9 Å². The zero-order valence-corrected chi connectivity index (χ0v) is 14.7. The van der Waals surface area contributed by atoms with Gasteiger partial charge in [-0.3, -0.25) is 4.79 Å². The quantitative estimate of drug-likeness (QED) is 0.659. The molecule has 7 heteroatoms. The van der Waals surface area contributed by atoms with Crippen molar-refractivity contribution in [2.24, 2.45) is 5.73 Å². The van der Waals surface area contributed by atoms with E-state index in [-0.39, 0.29) is 12.0 Å². The standard InChI is InChI=1S/C19H18ClN5O/c20-12-4-1-3-11(7-12)15-8-22-9-16(15)25-19-14-6-2-5-13(18(21)26)17(14)23-10-24-19/h1-7,10,15-16,22H,8-9H2,(H2,21,26)(H,23,24,25)/t15-,16-/m1/s1. The number of carbonyl (C=O) groups is 1. The summed E-state index contributed by atoms with van der Waals surface area (Å²) in [5.74, 6) is 0.455. The molecule has 1 saturated heterocycles. The highest BCUT2D eigenvalue weighted by atomic mass is 35.5. The normalized spacial score (nSPS) is 19.6. The molecule has 1 aromatic heterocycles. The van der Waals surface area contributed by atoms with Crippen LogP contribution in [0.2, 0.25) is 5.02 Å². The van der Waals surface area contributed by atoms with Crippen molar-refractivity contribution in [1.29, 1.82) is 0 Å². The van der Waals surface area contributed by atoms with Crippen LogP contribution in [0.4, 0.5) is 5.82 Å². The van der Waals surface area contributed by atoms with Gasteiger partial charge in [0.25, 0.3) is 5.91 Å². The maximum atomic E-state index is 11.7. The van der Waals surface area contributed by atoms with E-state index in [2.05, 4.69) is 26.7 Å². The minimum atomic E-state index is -0.500. The number of benzene rings is 2. The molecule has 0 spiro atoms. The smallest absolute Gasteiger partial charge is 0.250 e. The predicted molar refractivity (Wildman–Crippen MR) is 103 cm³/mol. The summed E-state index contributed by atoms with van der Waals surface area (Å²) in [5.41, 5.74) is 7.59. The summed E-state index contributed by atoms with van der Waals surface area (Å²) in [5, 5.41) is 8.43. The summed E-state index contributed by atoms with van der Waals surface area (Å²) in [6.45, 7) is 1.66. The molecule has 0 unspecified atom stereocenters. The average molecular weight is 368 g/mol. The summed E-state index contributed by atoms with van der Waals surface area (Å²) in [7, 11) is 0. The first kappa shape index (κ1) is 16.8. The first-order valence-electron chi connectivity index (χ1n) is 8.40. The van der Waals surface area contributed by atoms with Crippen molar-refractivity contribution < 1.29 is 4.79 Å². The lowest BCUT2D eigenvalue weighted by Crippen LogP contribution is -2.27. The molecule has 2 heterocycles. The zero-order chi connectivity index (χ0) is 18.1. The van der Waals surface area contributed by atoms with Crippen molar-refractivity contribution in [3.8, 4) is 0 Å². The van der Waals surface area contributed by atoms with Crippen LogP contribution in [0.25, 0.3) is 10.9 Å². The zero-order valence-electron chi connectivity index (χ0n) is 13.9. The van der Waals surface area contributed by atoms with Crippen LogP contribution in [0.1, 0.15) is 21.8 Å². The molecule has 1 aliphatic heterocycles. The van der Waals surface area contributed by atoms with Crippen LogP contribution in [0.15, 0.2) is 48.8 Å². The van der Waals surface area contributed by atoms with Gasteiger partial charge in [0.2, 0.25) is 0 Å². The Bertz CT molecular complexity index is 977. The van der Waals surface area contributed by atoms with Gasteiger partial charge in [-0.1, -0.05) is 29.8 Å². The number of halogens is 1. The highest BCUT2D eigenvalue weighted by Crippen LogP contribution is 2.29. The van der Waals surface area contributed by atoms with E-state index in [4.69, 9.17) is 17.3 Å². The maximum Gasteiger partial charge on any atom is 0.250 e. The number of aromatic nitrogens is 2. The lowest BCUT2D eigenvalue weighted by molar-refractivity contribution is 0.100. The van der Waals surface area contributed by atoms with Gasteiger partial charge in [0, 0.05) is 35.5 Å². The van der Waals surface area contributed by atoms with Crippen LogP contribution in [-0.2, 0) is 0 Å². The molecule has 1 aliphatic rings. The van der Waals surface area contributed by atoms with Crippen LogP contribution in [0.3, 0.4) is 0 Å². The Kier molecular flexibility index (Phi) is 4.44. The Morgan fingerprint density at radius 2 is 2.04 bits per heavy atom. The van der Waals surface area contributed by atoms with Gasteiger partial charge in [-0.25, -0.2) is 9.97 Å². The summed E-state index contributed by atoms with van der Waals surface area (Å²) in [6, 6.07) is 13.4. The molecule has 132 valence electrons. The van der Waals surface area contributed by atoms with Crippen LogP contribution in [0.5, 0.6) is 0 Å². The highest BCUT2D eigenvalue weighted by molar-refractivity contribution is 6.30. The van der Waals surface area contributed by atoms with Crippen molar-refractivity contribution in [3.63, 3.8) is 0 Å². The third-order valence-electron chi connectivity index (χ3n) is 4.74.